The average Bonchev–Trinajstić information content (AvgIpc) is 2.46. The van der Waals surface area contributed by atoms with Crippen LogP contribution >= 0.6 is 11.6 Å². The number of aromatic nitrogens is 1. The van der Waals surface area contributed by atoms with Crippen LogP contribution in [-0.4, -0.2) is 17.6 Å². The summed E-state index contributed by atoms with van der Waals surface area (Å²) in [6.45, 7) is 1.48. The van der Waals surface area contributed by atoms with Gasteiger partial charge in [-0.25, -0.2) is 4.98 Å². The Balaban J connectivity index is 1.95. The van der Waals surface area contributed by atoms with Crippen molar-refractivity contribution in [3.63, 3.8) is 0 Å². The first-order valence-electron chi connectivity index (χ1n) is 6.43. The number of hydrogen-bond donors (Lipinski definition) is 1. The van der Waals surface area contributed by atoms with E-state index in [0.717, 1.165) is 18.8 Å². The van der Waals surface area contributed by atoms with Gasteiger partial charge in [-0.15, -0.1) is 0 Å². The summed E-state index contributed by atoms with van der Waals surface area (Å²) in [4.78, 5) is 6.67. The number of benzene rings is 1. The van der Waals surface area contributed by atoms with Crippen LogP contribution in [0, 0.1) is 0 Å². The molecule has 3 nitrogen and oxygen atoms in total. The lowest BCUT2D eigenvalue weighted by molar-refractivity contribution is 0.556. The Morgan fingerprint density at radius 2 is 2.00 bits per heavy atom. The number of nitrogens with two attached hydrogens (primary N) is 1. The number of nitrogens with zero attached hydrogens (tertiary/aromatic N) is 2. The van der Waals surface area contributed by atoms with Crippen molar-refractivity contribution in [1.82, 2.24) is 4.98 Å². The fraction of sp³-hybridized carbons (Fsp3) is 0.267. The van der Waals surface area contributed by atoms with Crippen molar-refractivity contribution in [1.29, 1.82) is 0 Å². The molecule has 0 amide bonds. The molecule has 0 fully saturated rings. The topological polar surface area (TPSA) is 42.1 Å². The summed E-state index contributed by atoms with van der Waals surface area (Å²) >= 11 is 5.90. The predicted octanol–water partition coefficient (Wildman–Crippen LogP) is 2.63. The maximum atomic E-state index is 5.92. The van der Waals surface area contributed by atoms with Crippen molar-refractivity contribution in [3.8, 4) is 0 Å². The van der Waals surface area contributed by atoms with Crippen LogP contribution in [0.4, 0.5) is 5.82 Å². The molecule has 19 heavy (non-hydrogen) atoms. The van der Waals surface area contributed by atoms with Crippen molar-refractivity contribution >= 4 is 17.4 Å². The molecule has 98 valence electrons. The largest absolute Gasteiger partial charge is 0.348 e. The molecule has 0 aliphatic carbocycles. The van der Waals surface area contributed by atoms with E-state index < -0.39 is 0 Å². The molecule has 0 bridgehead atoms. The zero-order valence-electron chi connectivity index (χ0n) is 10.6. The standard InChI is InChI=1S/C15H16ClN3/c16-13-5-6-15(18-9-13)19-10-12-4-2-1-3-11(12)7-14(19)8-17/h1-6,9,14H,7-8,10,17H2. The number of hydrogen-bond acceptors (Lipinski definition) is 3. The minimum Gasteiger partial charge on any atom is -0.348 e. The first-order valence-corrected chi connectivity index (χ1v) is 6.81. The number of pyridine rings is 1. The van der Waals surface area contributed by atoms with Crippen LogP contribution in [0.25, 0.3) is 0 Å². The molecule has 0 radical (unpaired) electrons. The molecule has 1 unspecified atom stereocenters. The molecule has 2 N–H and O–H groups in total. The van der Waals surface area contributed by atoms with E-state index in [1.54, 1.807) is 6.20 Å². The number of rotatable bonds is 2. The molecule has 0 saturated heterocycles. The summed E-state index contributed by atoms with van der Waals surface area (Å²) < 4.78 is 0. The van der Waals surface area contributed by atoms with Gasteiger partial charge in [-0.05, 0) is 29.7 Å². The predicted molar refractivity (Wildman–Crippen MR) is 78.4 cm³/mol. The van der Waals surface area contributed by atoms with Gasteiger partial charge in [0.25, 0.3) is 0 Å². The van der Waals surface area contributed by atoms with Crippen LogP contribution in [-0.2, 0) is 13.0 Å². The summed E-state index contributed by atoms with van der Waals surface area (Å²) in [5, 5.41) is 0.658. The summed E-state index contributed by atoms with van der Waals surface area (Å²) in [6.07, 6.45) is 2.65. The van der Waals surface area contributed by atoms with Gasteiger partial charge in [0.15, 0.2) is 0 Å². The Morgan fingerprint density at radius 1 is 1.21 bits per heavy atom. The van der Waals surface area contributed by atoms with Crippen molar-refractivity contribution < 1.29 is 0 Å². The molecule has 0 spiro atoms. The van der Waals surface area contributed by atoms with Crippen LogP contribution in [0.5, 0.6) is 0 Å². The number of anilines is 1. The Hall–Kier alpha value is -1.58. The highest BCUT2D eigenvalue weighted by atomic mass is 35.5. The molecule has 2 aromatic rings. The zero-order valence-corrected chi connectivity index (χ0v) is 11.3. The summed E-state index contributed by atoms with van der Waals surface area (Å²) in [5.41, 5.74) is 8.67. The van der Waals surface area contributed by atoms with Crippen LogP contribution in [0.3, 0.4) is 0 Å². The number of fused-ring (bicyclic) bond motifs is 1. The van der Waals surface area contributed by atoms with Crippen LogP contribution in [0.2, 0.25) is 5.02 Å². The van der Waals surface area contributed by atoms with Gasteiger partial charge in [0.1, 0.15) is 5.82 Å². The van der Waals surface area contributed by atoms with Crippen molar-refractivity contribution in [2.45, 2.75) is 19.0 Å². The Kier molecular flexibility index (Phi) is 3.40. The lowest BCUT2D eigenvalue weighted by Gasteiger charge is -2.37. The first kappa shape index (κ1) is 12.5. The highest BCUT2D eigenvalue weighted by molar-refractivity contribution is 6.30. The summed E-state index contributed by atoms with van der Waals surface area (Å²) in [6, 6.07) is 12.6. The van der Waals surface area contributed by atoms with E-state index in [1.807, 2.05) is 12.1 Å². The van der Waals surface area contributed by atoms with Crippen LogP contribution in [0.15, 0.2) is 42.6 Å². The van der Waals surface area contributed by atoms with Gasteiger partial charge in [-0.3, -0.25) is 0 Å². The van der Waals surface area contributed by atoms with Crippen molar-refractivity contribution in [2.24, 2.45) is 5.73 Å². The van der Waals surface area contributed by atoms with E-state index in [9.17, 15) is 0 Å². The monoisotopic (exact) mass is 273 g/mol. The van der Waals surface area contributed by atoms with Gasteiger partial charge < -0.3 is 10.6 Å². The Labute approximate surface area is 118 Å². The first-order chi connectivity index (χ1) is 9.28. The van der Waals surface area contributed by atoms with Gasteiger partial charge >= 0.3 is 0 Å². The highest BCUT2D eigenvalue weighted by Gasteiger charge is 2.25. The average molecular weight is 274 g/mol. The third-order valence-electron chi connectivity index (χ3n) is 3.63. The fourth-order valence-corrected chi connectivity index (χ4v) is 2.72. The molecule has 1 aromatic heterocycles. The second kappa shape index (κ2) is 5.19. The Bertz CT molecular complexity index is 568. The summed E-state index contributed by atoms with van der Waals surface area (Å²) in [5.74, 6) is 0.939. The minimum absolute atomic E-state index is 0.295. The smallest absolute Gasteiger partial charge is 0.129 e. The van der Waals surface area contributed by atoms with Gasteiger partial charge in [-0.1, -0.05) is 35.9 Å². The lowest BCUT2D eigenvalue weighted by Crippen LogP contribution is -2.45. The quantitative estimate of drug-likeness (QED) is 0.915. The maximum absolute atomic E-state index is 5.92. The molecular formula is C15H16ClN3. The molecule has 1 aliphatic heterocycles. The van der Waals surface area contributed by atoms with Gasteiger partial charge in [0.05, 0.1) is 5.02 Å². The second-order valence-corrected chi connectivity index (χ2v) is 5.26. The summed E-state index contributed by atoms with van der Waals surface area (Å²) in [7, 11) is 0. The Morgan fingerprint density at radius 3 is 2.68 bits per heavy atom. The van der Waals surface area contributed by atoms with E-state index in [4.69, 9.17) is 17.3 Å². The highest BCUT2D eigenvalue weighted by Crippen LogP contribution is 2.27. The third-order valence-corrected chi connectivity index (χ3v) is 3.86. The third kappa shape index (κ3) is 2.44. The normalized spacial score (nSPS) is 18.2. The SMILES string of the molecule is NCC1Cc2ccccc2CN1c1ccc(Cl)cn1. The second-order valence-electron chi connectivity index (χ2n) is 4.82. The van der Waals surface area contributed by atoms with Crippen LogP contribution in [0.1, 0.15) is 11.1 Å². The zero-order chi connectivity index (χ0) is 13.2. The van der Waals surface area contributed by atoms with Crippen molar-refractivity contribution in [3.05, 3.63) is 58.7 Å². The fourth-order valence-electron chi connectivity index (χ4n) is 2.60. The number of halogens is 1. The van der Waals surface area contributed by atoms with E-state index in [1.165, 1.54) is 11.1 Å². The van der Waals surface area contributed by atoms with Crippen molar-refractivity contribution in [2.75, 3.05) is 11.4 Å². The molecule has 1 aromatic carbocycles. The molecule has 3 rings (SSSR count). The van der Waals surface area contributed by atoms with E-state index >= 15 is 0 Å². The van der Waals surface area contributed by atoms with Gasteiger partial charge in [-0.2, -0.15) is 0 Å². The van der Waals surface area contributed by atoms with Crippen LogP contribution < -0.4 is 10.6 Å². The molecule has 2 heterocycles. The van der Waals surface area contributed by atoms with Gasteiger partial charge in [0, 0.05) is 25.3 Å². The molecule has 4 heteroatoms. The minimum atomic E-state index is 0.295. The van der Waals surface area contributed by atoms with E-state index in [0.29, 0.717) is 17.6 Å². The molecule has 1 atom stereocenters. The maximum Gasteiger partial charge on any atom is 0.129 e. The van der Waals surface area contributed by atoms with E-state index in [2.05, 4.69) is 34.1 Å². The lowest BCUT2D eigenvalue weighted by atomic mass is 9.94. The molecule has 0 saturated carbocycles. The van der Waals surface area contributed by atoms with Gasteiger partial charge in [0.2, 0.25) is 0 Å². The van der Waals surface area contributed by atoms with E-state index in [-0.39, 0.29) is 0 Å². The molecular weight excluding hydrogens is 258 g/mol. The molecule has 1 aliphatic rings.